The molecule has 1 aliphatic rings. The highest BCUT2D eigenvalue weighted by atomic mass is 32.2. The summed E-state index contributed by atoms with van der Waals surface area (Å²) in [5.74, 6) is 0. The van der Waals surface area contributed by atoms with E-state index in [0.29, 0.717) is 6.42 Å². The Bertz CT molecular complexity index is 281. The summed E-state index contributed by atoms with van der Waals surface area (Å²) in [6, 6.07) is 0. The van der Waals surface area contributed by atoms with Crippen molar-refractivity contribution in [2.24, 2.45) is 0 Å². The molecular formula is C6H10F3NO3S. The number of nitrogens with one attached hydrogen (secondary N) is 1. The first kappa shape index (κ1) is 11.7. The molecule has 1 aliphatic heterocycles. The van der Waals surface area contributed by atoms with Crippen LogP contribution < -0.4 is 4.72 Å². The van der Waals surface area contributed by atoms with Gasteiger partial charge in [-0.15, -0.1) is 0 Å². The van der Waals surface area contributed by atoms with E-state index in [9.17, 15) is 21.6 Å². The summed E-state index contributed by atoms with van der Waals surface area (Å²) in [6.45, 7) is 0.283. The van der Waals surface area contributed by atoms with Crippen molar-refractivity contribution in [1.29, 1.82) is 0 Å². The molecule has 0 radical (unpaired) electrons. The standard InChI is InChI=1S/C6H10F3NO3S/c7-6(8,9)14(11,12)10-5-3-1-2-4-13-5/h5,10H,1-4H2. The van der Waals surface area contributed by atoms with Crippen LogP contribution in [0.4, 0.5) is 13.2 Å². The summed E-state index contributed by atoms with van der Waals surface area (Å²) in [7, 11) is -5.27. The zero-order valence-electron chi connectivity index (χ0n) is 7.17. The van der Waals surface area contributed by atoms with Gasteiger partial charge in [0.25, 0.3) is 0 Å². The largest absolute Gasteiger partial charge is 0.511 e. The maximum absolute atomic E-state index is 11.9. The number of halogens is 3. The van der Waals surface area contributed by atoms with Crippen LogP contribution in [0.2, 0.25) is 0 Å². The van der Waals surface area contributed by atoms with Crippen molar-refractivity contribution in [2.75, 3.05) is 6.61 Å². The van der Waals surface area contributed by atoms with Gasteiger partial charge in [-0.25, -0.2) is 8.42 Å². The molecule has 14 heavy (non-hydrogen) atoms. The highest BCUT2D eigenvalue weighted by Gasteiger charge is 2.47. The van der Waals surface area contributed by atoms with E-state index >= 15 is 0 Å². The van der Waals surface area contributed by atoms with Crippen LogP contribution in [-0.4, -0.2) is 26.8 Å². The summed E-state index contributed by atoms with van der Waals surface area (Å²) >= 11 is 0. The van der Waals surface area contributed by atoms with Crippen LogP contribution in [0.5, 0.6) is 0 Å². The first-order valence-corrected chi connectivity index (χ1v) is 5.51. The minimum absolute atomic E-state index is 0.273. The van der Waals surface area contributed by atoms with Gasteiger partial charge in [0.05, 0.1) is 0 Å². The fourth-order valence-corrected chi connectivity index (χ4v) is 1.74. The van der Waals surface area contributed by atoms with Crippen molar-refractivity contribution in [2.45, 2.75) is 31.0 Å². The molecule has 1 fully saturated rings. The average molecular weight is 233 g/mol. The van der Waals surface area contributed by atoms with Gasteiger partial charge in [-0.2, -0.15) is 17.9 Å². The Balaban J connectivity index is 2.58. The lowest BCUT2D eigenvalue weighted by atomic mass is 10.2. The second-order valence-corrected chi connectivity index (χ2v) is 4.63. The summed E-state index contributed by atoms with van der Waals surface area (Å²) in [5, 5.41) is 0. The molecule has 0 aliphatic carbocycles. The lowest BCUT2D eigenvalue weighted by Crippen LogP contribution is -2.45. The summed E-state index contributed by atoms with van der Waals surface area (Å²) in [4.78, 5) is 0. The Morgan fingerprint density at radius 3 is 2.36 bits per heavy atom. The van der Waals surface area contributed by atoms with E-state index in [0.717, 1.165) is 6.42 Å². The molecule has 0 spiro atoms. The van der Waals surface area contributed by atoms with E-state index in [4.69, 9.17) is 4.74 Å². The second kappa shape index (κ2) is 4.03. The molecule has 1 unspecified atom stereocenters. The molecule has 1 rings (SSSR count). The Kier molecular flexibility index (Phi) is 3.38. The number of sulfonamides is 1. The van der Waals surface area contributed by atoms with Gasteiger partial charge < -0.3 is 4.74 Å². The van der Waals surface area contributed by atoms with E-state index < -0.39 is 21.8 Å². The molecule has 0 aromatic carbocycles. The van der Waals surface area contributed by atoms with E-state index in [1.807, 2.05) is 0 Å². The molecule has 1 N–H and O–H groups in total. The Labute approximate surface area is 79.5 Å². The number of alkyl halides is 3. The lowest BCUT2D eigenvalue weighted by molar-refractivity contribution is -0.0502. The second-order valence-electron chi connectivity index (χ2n) is 2.92. The number of hydrogen-bond donors (Lipinski definition) is 1. The molecule has 0 saturated carbocycles. The van der Waals surface area contributed by atoms with E-state index in [2.05, 4.69) is 0 Å². The summed E-state index contributed by atoms with van der Waals surface area (Å²) in [6.07, 6.45) is 0.625. The van der Waals surface area contributed by atoms with Crippen LogP contribution >= 0.6 is 0 Å². The molecule has 0 amide bonds. The monoisotopic (exact) mass is 233 g/mol. The van der Waals surface area contributed by atoms with Crippen molar-refractivity contribution in [3.63, 3.8) is 0 Å². The van der Waals surface area contributed by atoms with E-state index in [-0.39, 0.29) is 13.0 Å². The number of ether oxygens (including phenoxy) is 1. The Hall–Kier alpha value is -0.340. The normalized spacial score (nSPS) is 24.9. The molecule has 84 valence electrons. The average Bonchev–Trinajstić information content (AvgIpc) is 2.03. The fraction of sp³-hybridized carbons (Fsp3) is 1.00. The predicted molar refractivity (Wildman–Crippen MR) is 41.7 cm³/mol. The number of rotatable bonds is 2. The highest BCUT2D eigenvalue weighted by Crippen LogP contribution is 2.23. The maximum Gasteiger partial charge on any atom is 0.511 e. The van der Waals surface area contributed by atoms with E-state index in [1.54, 1.807) is 0 Å². The maximum atomic E-state index is 11.9. The van der Waals surface area contributed by atoms with Gasteiger partial charge >= 0.3 is 15.5 Å². The first-order chi connectivity index (χ1) is 6.33. The molecule has 1 heterocycles. The zero-order chi connectivity index (χ0) is 10.8. The van der Waals surface area contributed by atoms with Gasteiger partial charge in [-0.3, -0.25) is 0 Å². The van der Waals surface area contributed by atoms with E-state index in [1.165, 1.54) is 4.72 Å². The van der Waals surface area contributed by atoms with Crippen LogP contribution in [0.15, 0.2) is 0 Å². The van der Waals surface area contributed by atoms with Gasteiger partial charge in [0.2, 0.25) is 0 Å². The molecule has 1 saturated heterocycles. The smallest absolute Gasteiger partial charge is 0.362 e. The third-order valence-corrected chi connectivity index (χ3v) is 2.95. The minimum Gasteiger partial charge on any atom is -0.362 e. The molecule has 0 aromatic heterocycles. The van der Waals surface area contributed by atoms with Gasteiger partial charge in [0.15, 0.2) is 0 Å². The van der Waals surface area contributed by atoms with Crippen LogP contribution in [0.3, 0.4) is 0 Å². The predicted octanol–water partition coefficient (Wildman–Crippen LogP) is 0.952. The SMILES string of the molecule is O=S(=O)(NC1CCCCO1)C(F)(F)F. The third-order valence-electron chi connectivity index (χ3n) is 1.77. The highest BCUT2D eigenvalue weighted by molar-refractivity contribution is 7.90. The molecule has 1 atom stereocenters. The van der Waals surface area contributed by atoms with Crippen LogP contribution in [0.1, 0.15) is 19.3 Å². The summed E-state index contributed by atoms with van der Waals surface area (Å²) < 4.78 is 63.1. The van der Waals surface area contributed by atoms with Gasteiger partial charge in [0.1, 0.15) is 6.23 Å². The third kappa shape index (κ3) is 2.82. The number of hydrogen-bond acceptors (Lipinski definition) is 3. The molecule has 8 heteroatoms. The van der Waals surface area contributed by atoms with Gasteiger partial charge in [-0.05, 0) is 19.3 Å². The van der Waals surface area contributed by atoms with Crippen LogP contribution in [0.25, 0.3) is 0 Å². The Morgan fingerprint density at radius 2 is 1.93 bits per heavy atom. The zero-order valence-corrected chi connectivity index (χ0v) is 7.99. The molecule has 0 bridgehead atoms. The lowest BCUT2D eigenvalue weighted by Gasteiger charge is -2.23. The fourth-order valence-electron chi connectivity index (χ4n) is 1.07. The Morgan fingerprint density at radius 1 is 1.29 bits per heavy atom. The first-order valence-electron chi connectivity index (χ1n) is 4.03. The van der Waals surface area contributed by atoms with Gasteiger partial charge in [0, 0.05) is 6.61 Å². The topological polar surface area (TPSA) is 55.4 Å². The van der Waals surface area contributed by atoms with Crippen molar-refractivity contribution in [1.82, 2.24) is 4.72 Å². The van der Waals surface area contributed by atoms with Crippen molar-refractivity contribution < 1.29 is 26.3 Å². The molecule has 4 nitrogen and oxygen atoms in total. The minimum atomic E-state index is -5.27. The quantitative estimate of drug-likeness (QED) is 0.772. The van der Waals surface area contributed by atoms with Crippen molar-refractivity contribution in [3.8, 4) is 0 Å². The van der Waals surface area contributed by atoms with Crippen LogP contribution in [0, 0.1) is 0 Å². The van der Waals surface area contributed by atoms with Crippen molar-refractivity contribution in [3.05, 3.63) is 0 Å². The molecule has 0 aromatic rings. The van der Waals surface area contributed by atoms with Gasteiger partial charge in [-0.1, -0.05) is 0 Å². The molecular weight excluding hydrogens is 223 g/mol. The summed E-state index contributed by atoms with van der Waals surface area (Å²) in [5.41, 5.74) is -5.27. The van der Waals surface area contributed by atoms with Crippen LogP contribution in [-0.2, 0) is 14.8 Å². The van der Waals surface area contributed by atoms with Crippen molar-refractivity contribution >= 4 is 10.0 Å².